The van der Waals surface area contributed by atoms with Crippen LogP contribution in [0.1, 0.15) is 0 Å². The molecule has 3 aromatic rings. The second-order valence-corrected chi connectivity index (χ2v) is 5.17. The lowest BCUT2D eigenvalue weighted by Gasteiger charge is -2.13. The van der Waals surface area contributed by atoms with E-state index in [1.54, 1.807) is 6.07 Å². The van der Waals surface area contributed by atoms with Crippen molar-refractivity contribution in [2.75, 3.05) is 0 Å². The normalized spacial score (nSPS) is 10.6. The number of rotatable bonds is 4. The predicted octanol–water partition coefficient (Wildman–Crippen LogP) is -0.00830. The Morgan fingerprint density at radius 1 is 0.826 bits per heavy atom. The first-order valence-corrected chi connectivity index (χ1v) is 7.07. The molecule has 0 saturated heterocycles. The van der Waals surface area contributed by atoms with Gasteiger partial charge in [-0.15, -0.1) is 0 Å². The van der Waals surface area contributed by atoms with Gasteiger partial charge < -0.3 is 24.8 Å². The van der Waals surface area contributed by atoms with Gasteiger partial charge in [-0.05, 0) is 28.4 Å². The molecule has 0 aromatic heterocycles. The fourth-order valence-electron chi connectivity index (χ4n) is 2.48. The van der Waals surface area contributed by atoms with Crippen LogP contribution >= 0.6 is 0 Å². The Labute approximate surface area is 133 Å². The summed E-state index contributed by atoms with van der Waals surface area (Å²) in [6.45, 7) is 0. The average Bonchev–Trinajstić information content (AvgIpc) is 2.53. The molecule has 0 heterocycles. The summed E-state index contributed by atoms with van der Waals surface area (Å²) in [6, 6.07) is 16.9. The van der Waals surface area contributed by atoms with Crippen LogP contribution in [-0.2, 0) is 0 Å². The van der Waals surface area contributed by atoms with Crippen LogP contribution < -0.4 is 15.6 Å². The van der Waals surface area contributed by atoms with Crippen LogP contribution in [0, 0.1) is 0 Å². The van der Waals surface area contributed by atoms with E-state index < -0.39 is 14.2 Å². The predicted molar refractivity (Wildman–Crippen MR) is 90.1 cm³/mol. The Kier molecular flexibility index (Phi) is 4.25. The molecule has 0 fully saturated rings. The Morgan fingerprint density at radius 2 is 1.57 bits per heavy atom. The van der Waals surface area contributed by atoms with Gasteiger partial charge in [0.2, 0.25) is 0 Å². The van der Waals surface area contributed by atoms with Crippen LogP contribution in [0.25, 0.3) is 10.8 Å². The second-order valence-electron chi connectivity index (χ2n) is 5.17. The van der Waals surface area contributed by atoms with Crippen molar-refractivity contribution in [2.45, 2.75) is 0 Å². The smallest absolute Gasteiger partial charge is 0.532 e. The summed E-state index contributed by atoms with van der Waals surface area (Å²) in [5, 5.41) is 40.2. The molecular formula is C16H14B2O5. The van der Waals surface area contributed by atoms with Crippen LogP contribution in [-0.4, -0.2) is 34.4 Å². The molecule has 3 rings (SSSR count). The largest absolute Gasteiger partial charge is 0.560 e. The first kappa shape index (κ1) is 15.4. The van der Waals surface area contributed by atoms with Crippen LogP contribution in [0.2, 0.25) is 0 Å². The summed E-state index contributed by atoms with van der Waals surface area (Å²) in [6.07, 6.45) is 0. The third-order valence-electron chi connectivity index (χ3n) is 3.55. The molecule has 0 amide bonds. The molecule has 5 nitrogen and oxygen atoms in total. The van der Waals surface area contributed by atoms with E-state index in [1.807, 2.05) is 36.4 Å². The number of fused-ring (bicyclic) bond motifs is 1. The van der Waals surface area contributed by atoms with E-state index in [0.29, 0.717) is 5.46 Å². The summed E-state index contributed by atoms with van der Waals surface area (Å²) in [4.78, 5) is 0. The molecule has 0 unspecified atom stereocenters. The van der Waals surface area contributed by atoms with E-state index in [1.165, 1.54) is 18.2 Å². The van der Waals surface area contributed by atoms with E-state index in [-0.39, 0.29) is 17.0 Å². The Bertz CT molecular complexity index is 832. The molecule has 4 N–H and O–H groups in total. The van der Waals surface area contributed by atoms with E-state index in [9.17, 15) is 20.2 Å². The lowest BCUT2D eigenvalue weighted by Crippen LogP contribution is -2.37. The minimum atomic E-state index is -1.74. The summed E-state index contributed by atoms with van der Waals surface area (Å²) in [5.74, 6) is -0.0516. The van der Waals surface area contributed by atoms with Gasteiger partial charge in [0.05, 0.1) is 0 Å². The van der Waals surface area contributed by atoms with Gasteiger partial charge in [0.1, 0.15) is 11.5 Å². The van der Waals surface area contributed by atoms with Crippen LogP contribution in [0.5, 0.6) is 11.5 Å². The topological polar surface area (TPSA) is 90.2 Å². The second kappa shape index (κ2) is 6.34. The van der Waals surface area contributed by atoms with Gasteiger partial charge in [-0.2, -0.15) is 0 Å². The van der Waals surface area contributed by atoms with Crippen molar-refractivity contribution >= 4 is 35.9 Å². The highest BCUT2D eigenvalue weighted by atomic mass is 16.5. The fraction of sp³-hybridized carbons (Fsp3) is 0. The lowest BCUT2D eigenvalue weighted by atomic mass is 9.76. The van der Waals surface area contributed by atoms with Gasteiger partial charge in [0.25, 0.3) is 0 Å². The van der Waals surface area contributed by atoms with Crippen LogP contribution in [0.3, 0.4) is 0 Å². The molecule has 0 saturated carbocycles. The van der Waals surface area contributed by atoms with Crippen molar-refractivity contribution in [1.82, 2.24) is 0 Å². The van der Waals surface area contributed by atoms with Crippen molar-refractivity contribution in [3.63, 3.8) is 0 Å². The van der Waals surface area contributed by atoms with Crippen molar-refractivity contribution in [1.29, 1.82) is 0 Å². The maximum absolute atomic E-state index is 10.4. The third-order valence-corrected chi connectivity index (χ3v) is 3.55. The molecule has 7 heteroatoms. The molecule has 0 aliphatic rings. The first-order valence-electron chi connectivity index (χ1n) is 7.07. The Balaban J connectivity index is 1.93. The van der Waals surface area contributed by atoms with Gasteiger partial charge in [-0.25, -0.2) is 0 Å². The molecular weight excluding hydrogens is 294 g/mol. The minimum absolute atomic E-state index is 0.0742. The molecule has 0 aliphatic carbocycles. The minimum Gasteiger partial charge on any atom is -0.532 e. The van der Waals surface area contributed by atoms with E-state index in [0.717, 1.165) is 10.8 Å². The van der Waals surface area contributed by atoms with Gasteiger partial charge in [0, 0.05) is 11.5 Å². The van der Waals surface area contributed by atoms with Crippen molar-refractivity contribution in [3.05, 3.63) is 60.7 Å². The number of phenols is 1. The maximum atomic E-state index is 10.4. The zero-order valence-corrected chi connectivity index (χ0v) is 12.1. The highest BCUT2D eigenvalue weighted by Gasteiger charge is 2.22. The molecule has 114 valence electrons. The third kappa shape index (κ3) is 3.32. The maximum Gasteiger partial charge on any atom is 0.560 e. The zero-order chi connectivity index (χ0) is 16.4. The number of phenolic OH excluding ortho intramolecular Hbond substituents is 1. The van der Waals surface area contributed by atoms with Crippen molar-refractivity contribution < 1.29 is 24.8 Å². The Hall–Kier alpha value is -2.47. The van der Waals surface area contributed by atoms with Gasteiger partial charge >= 0.3 is 14.2 Å². The molecule has 23 heavy (non-hydrogen) atoms. The van der Waals surface area contributed by atoms with Gasteiger partial charge in [-0.1, -0.05) is 42.5 Å². The van der Waals surface area contributed by atoms with Gasteiger partial charge in [-0.3, -0.25) is 0 Å². The SMILES string of the molecule is OB(O)c1cc(O)cc(OB(O)c2cccc3ccccc23)c1. The van der Waals surface area contributed by atoms with E-state index >= 15 is 0 Å². The standard InChI is InChI=1S/C16H14B2O5/c19-13-8-12(17(20)21)9-14(10-13)23-18(22)16-7-3-5-11-4-1-2-6-15(11)16/h1-10,19-22H. The van der Waals surface area contributed by atoms with E-state index in [4.69, 9.17) is 4.65 Å². The molecule has 0 bridgehead atoms. The number of hydrogen-bond donors (Lipinski definition) is 4. The summed E-state index contributed by atoms with van der Waals surface area (Å²) in [5.41, 5.74) is 0.655. The zero-order valence-electron chi connectivity index (χ0n) is 12.1. The fourth-order valence-corrected chi connectivity index (χ4v) is 2.48. The lowest BCUT2D eigenvalue weighted by molar-refractivity contribution is 0.418. The summed E-state index contributed by atoms with van der Waals surface area (Å²) < 4.78 is 5.45. The molecule has 0 atom stereocenters. The summed E-state index contributed by atoms with van der Waals surface area (Å²) >= 11 is 0. The molecule has 0 aliphatic heterocycles. The monoisotopic (exact) mass is 308 g/mol. The van der Waals surface area contributed by atoms with Crippen molar-refractivity contribution in [2.24, 2.45) is 0 Å². The molecule has 0 spiro atoms. The number of hydrogen-bond acceptors (Lipinski definition) is 5. The van der Waals surface area contributed by atoms with Gasteiger partial charge in [0.15, 0.2) is 0 Å². The number of aromatic hydroxyl groups is 1. The number of benzene rings is 3. The highest BCUT2D eigenvalue weighted by molar-refractivity contribution is 6.64. The molecule has 0 radical (unpaired) electrons. The van der Waals surface area contributed by atoms with E-state index in [2.05, 4.69) is 0 Å². The van der Waals surface area contributed by atoms with Crippen LogP contribution in [0.4, 0.5) is 0 Å². The Morgan fingerprint density at radius 3 is 2.35 bits per heavy atom. The quantitative estimate of drug-likeness (QED) is 0.509. The highest BCUT2D eigenvalue weighted by Crippen LogP contribution is 2.18. The average molecular weight is 308 g/mol. The molecule has 3 aromatic carbocycles. The summed E-state index contributed by atoms with van der Waals surface area (Å²) in [7, 11) is -2.99. The van der Waals surface area contributed by atoms with Crippen molar-refractivity contribution in [3.8, 4) is 11.5 Å². The first-order chi connectivity index (χ1) is 11.0. The van der Waals surface area contributed by atoms with Crippen LogP contribution in [0.15, 0.2) is 60.7 Å².